The number of carbonyl (C=O) groups is 1. The molecule has 1 N–H and O–H groups in total. The van der Waals surface area contributed by atoms with Gasteiger partial charge < -0.3 is 19.9 Å². The molecular weight excluding hydrogens is 399 g/mol. The van der Waals surface area contributed by atoms with Crippen molar-refractivity contribution in [1.82, 2.24) is 15.0 Å². The molecule has 8 nitrogen and oxygen atoms in total. The van der Waals surface area contributed by atoms with Crippen molar-refractivity contribution in [3.8, 4) is 5.75 Å². The minimum atomic E-state index is -0.878. The van der Waals surface area contributed by atoms with E-state index < -0.39 is 17.8 Å². The Kier molecular flexibility index (Phi) is 6.21. The van der Waals surface area contributed by atoms with Crippen LogP contribution in [0.5, 0.6) is 5.75 Å². The molecule has 1 amide bonds. The van der Waals surface area contributed by atoms with Crippen molar-refractivity contribution in [3.63, 3.8) is 0 Å². The molecule has 1 saturated heterocycles. The molecule has 1 aliphatic rings. The van der Waals surface area contributed by atoms with Gasteiger partial charge in [0.2, 0.25) is 5.95 Å². The number of carbonyl (C=O) groups excluding carboxylic acids is 1. The molecule has 4 rings (SSSR count). The van der Waals surface area contributed by atoms with Gasteiger partial charge in [-0.15, -0.1) is 0 Å². The van der Waals surface area contributed by atoms with E-state index in [4.69, 9.17) is 4.74 Å². The maximum atomic E-state index is 13.7. The first kappa shape index (κ1) is 20.5. The fourth-order valence-corrected chi connectivity index (χ4v) is 3.25. The number of nitrogens with one attached hydrogen (secondary N) is 1. The number of hydrogen-bond donors (Lipinski definition) is 1. The molecule has 9 heteroatoms. The van der Waals surface area contributed by atoms with Crippen LogP contribution in [-0.2, 0) is 4.79 Å². The number of ether oxygens (including phenoxy) is 1. The minimum absolute atomic E-state index is 0.0293. The average molecular weight is 422 g/mol. The fourth-order valence-electron chi connectivity index (χ4n) is 3.25. The van der Waals surface area contributed by atoms with Crippen molar-refractivity contribution in [2.75, 3.05) is 41.3 Å². The molecule has 0 spiro atoms. The lowest BCUT2D eigenvalue weighted by Gasteiger charge is -2.35. The first-order chi connectivity index (χ1) is 15.1. The zero-order chi connectivity index (χ0) is 21.6. The standard InChI is InChI=1S/C22H23FN6O2/c1-16(31-19-7-3-2-6-18(19)23)21(30)27-17-14-25-22(26-15-17)29-12-10-28(11-13-29)20-8-4-5-9-24-20/h2-9,14-16H,10-13H2,1H3,(H,27,30). The highest BCUT2D eigenvalue weighted by molar-refractivity contribution is 5.93. The second-order valence-corrected chi connectivity index (χ2v) is 7.11. The highest BCUT2D eigenvalue weighted by atomic mass is 19.1. The van der Waals surface area contributed by atoms with Gasteiger partial charge in [-0.2, -0.15) is 0 Å². The minimum Gasteiger partial charge on any atom is -0.478 e. The maximum Gasteiger partial charge on any atom is 0.265 e. The largest absolute Gasteiger partial charge is 0.478 e. The predicted octanol–water partition coefficient (Wildman–Crippen LogP) is 2.74. The summed E-state index contributed by atoms with van der Waals surface area (Å²) >= 11 is 0. The van der Waals surface area contributed by atoms with Crippen molar-refractivity contribution in [2.24, 2.45) is 0 Å². The fraction of sp³-hybridized carbons (Fsp3) is 0.273. The lowest BCUT2D eigenvalue weighted by Crippen LogP contribution is -2.47. The number of piperazine rings is 1. The number of nitrogens with zero attached hydrogens (tertiary/aromatic N) is 5. The second-order valence-electron chi connectivity index (χ2n) is 7.11. The van der Waals surface area contributed by atoms with Crippen LogP contribution in [0, 0.1) is 5.82 Å². The molecule has 1 atom stereocenters. The Bertz CT molecular complexity index is 1010. The number of amides is 1. The average Bonchev–Trinajstić information content (AvgIpc) is 2.82. The van der Waals surface area contributed by atoms with E-state index >= 15 is 0 Å². The molecule has 1 unspecified atom stereocenters. The number of benzene rings is 1. The second kappa shape index (κ2) is 9.38. The number of anilines is 3. The first-order valence-electron chi connectivity index (χ1n) is 10.0. The molecule has 1 aromatic carbocycles. The molecule has 1 aliphatic heterocycles. The Morgan fingerprint density at radius 1 is 1.00 bits per heavy atom. The summed E-state index contributed by atoms with van der Waals surface area (Å²) in [6, 6.07) is 11.8. The summed E-state index contributed by atoms with van der Waals surface area (Å²) in [7, 11) is 0. The van der Waals surface area contributed by atoms with E-state index in [1.54, 1.807) is 37.6 Å². The van der Waals surface area contributed by atoms with Gasteiger partial charge in [-0.25, -0.2) is 19.3 Å². The Hall–Kier alpha value is -3.75. The highest BCUT2D eigenvalue weighted by Gasteiger charge is 2.20. The van der Waals surface area contributed by atoms with Crippen LogP contribution in [0.2, 0.25) is 0 Å². The Labute approximate surface area is 179 Å². The number of aromatic nitrogens is 3. The van der Waals surface area contributed by atoms with E-state index in [2.05, 4.69) is 30.1 Å². The summed E-state index contributed by atoms with van der Waals surface area (Å²) in [5.41, 5.74) is 0.449. The molecule has 0 saturated carbocycles. The lowest BCUT2D eigenvalue weighted by atomic mass is 10.3. The lowest BCUT2D eigenvalue weighted by molar-refractivity contribution is -0.122. The van der Waals surface area contributed by atoms with Crippen molar-refractivity contribution >= 4 is 23.4 Å². The van der Waals surface area contributed by atoms with E-state index in [0.29, 0.717) is 11.6 Å². The van der Waals surface area contributed by atoms with E-state index in [0.717, 1.165) is 32.0 Å². The topological polar surface area (TPSA) is 83.5 Å². The van der Waals surface area contributed by atoms with Gasteiger partial charge >= 0.3 is 0 Å². The van der Waals surface area contributed by atoms with Gasteiger partial charge in [-0.1, -0.05) is 18.2 Å². The Morgan fingerprint density at radius 2 is 1.68 bits per heavy atom. The van der Waals surface area contributed by atoms with Crippen LogP contribution in [0.25, 0.3) is 0 Å². The number of halogens is 1. The maximum absolute atomic E-state index is 13.7. The SMILES string of the molecule is CC(Oc1ccccc1F)C(=O)Nc1cnc(N2CCN(c3ccccn3)CC2)nc1. The predicted molar refractivity (Wildman–Crippen MR) is 116 cm³/mol. The summed E-state index contributed by atoms with van der Waals surface area (Å²) in [6.45, 7) is 4.75. The third-order valence-electron chi connectivity index (χ3n) is 4.95. The molecule has 3 heterocycles. The summed E-state index contributed by atoms with van der Waals surface area (Å²) in [4.78, 5) is 29.8. The Balaban J connectivity index is 1.30. The van der Waals surface area contributed by atoms with Crippen LogP contribution in [-0.4, -0.2) is 53.1 Å². The molecular formula is C22H23FN6O2. The van der Waals surface area contributed by atoms with Gasteiger partial charge in [0.05, 0.1) is 18.1 Å². The van der Waals surface area contributed by atoms with Crippen molar-refractivity contribution in [2.45, 2.75) is 13.0 Å². The van der Waals surface area contributed by atoms with Crippen molar-refractivity contribution in [3.05, 3.63) is 66.9 Å². The summed E-state index contributed by atoms with van der Waals surface area (Å²) < 4.78 is 19.1. The molecule has 3 aromatic rings. The molecule has 0 radical (unpaired) electrons. The third-order valence-corrected chi connectivity index (χ3v) is 4.95. The molecule has 2 aromatic heterocycles. The van der Waals surface area contributed by atoms with Crippen LogP contribution in [0.15, 0.2) is 61.1 Å². The van der Waals surface area contributed by atoms with E-state index in [9.17, 15) is 9.18 Å². The number of rotatable bonds is 6. The van der Waals surface area contributed by atoms with Crippen LogP contribution in [0.4, 0.5) is 21.8 Å². The van der Waals surface area contributed by atoms with E-state index in [1.165, 1.54) is 12.1 Å². The van der Waals surface area contributed by atoms with Gasteiger partial charge in [-0.3, -0.25) is 4.79 Å². The van der Waals surface area contributed by atoms with Gasteiger partial charge in [-0.05, 0) is 31.2 Å². The molecule has 31 heavy (non-hydrogen) atoms. The van der Waals surface area contributed by atoms with E-state index in [-0.39, 0.29) is 5.75 Å². The van der Waals surface area contributed by atoms with Crippen LogP contribution in [0.3, 0.4) is 0 Å². The summed E-state index contributed by atoms with van der Waals surface area (Å²) in [5, 5.41) is 2.69. The van der Waals surface area contributed by atoms with Gasteiger partial charge in [0.15, 0.2) is 17.7 Å². The highest BCUT2D eigenvalue weighted by Crippen LogP contribution is 2.19. The Morgan fingerprint density at radius 3 is 2.35 bits per heavy atom. The van der Waals surface area contributed by atoms with Crippen molar-refractivity contribution < 1.29 is 13.9 Å². The quantitative estimate of drug-likeness (QED) is 0.654. The van der Waals surface area contributed by atoms with Gasteiger partial charge in [0.1, 0.15) is 5.82 Å². The zero-order valence-electron chi connectivity index (χ0n) is 17.1. The van der Waals surface area contributed by atoms with Crippen LogP contribution in [0.1, 0.15) is 6.92 Å². The smallest absolute Gasteiger partial charge is 0.265 e. The molecule has 0 aliphatic carbocycles. The molecule has 1 fully saturated rings. The zero-order valence-corrected chi connectivity index (χ0v) is 17.1. The van der Waals surface area contributed by atoms with E-state index in [1.807, 2.05) is 18.2 Å². The normalized spacial score (nSPS) is 14.8. The van der Waals surface area contributed by atoms with Crippen LogP contribution >= 0.6 is 0 Å². The van der Waals surface area contributed by atoms with Gasteiger partial charge in [0.25, 0.3) is 5.91 Å². The van der Waals surface area contributed by atoms with Crippen molar-refractivity contribution in [1.29, 1.82) is 0 Å². The molecule has 0 bridgehead atoms. The number of para-hydroxylation sites is 1. The summed E-state index contributed by atoms with van der Waals surface area (Å²) in [5.74, 6) is 0.672. The number of pyridine rings is 1. The summed E-state index contributed by atoms with van der Waals surface area (Å²) in [6.07, 6.45) is 4.03. The monoisotopic (exact) mass is 422 g/mol. The van der Waals surface area contributed by atoms with Gasteiger partial charge in [0, 0.05) is 32.4 Å². The van der Waals surface area contributed by atoms with Crippen LogP contribution < -0.4 is 19.9 Å². The molecule has 160 valence electrons. The number of hydrogen-bond acceptors (Lipinski definition) is 7. The first-order valence-corrected chi connectivity index (χ1v) is 10.0. The third kappa shape index (κ3) is 5.06.